The Bertz CT molecular complexity index is 444. The number of thioether (sulfide) groups is 1. The zero-order valence-corrected chi connectivity index (χ0v) is 13.4. The van der Waals surface area contributed by atoms with Crippen molar-refractivity contribution >= 4 is 17.7 Å². The van der Waals surface area contributed by atoms with Gasteiger partial charge in [0, 0.05) is 37.7 Å². The van der Waals surface area contributed by atoms with E-state index >= 15 is 0 Å². The van der Waals surface area contributed by atoms with Crippen LogP contribution in [0.5, 0.6) is 0 Å². The lowest BCUT2D eigenvalue weighted by molar-refractivity contribution is 0.407. The van der Waals surface area contributed by atoms with Gasteiger partial charge < -0.3 is 14.8 Å². The van der Waals surface area contributed by atoms with Crippen molar-refractivity contribution in [1.82, 2.24) is 25.0 Å². The van der Waals surface area contributed by atoms with E-state index in [0.717, 1.165) is 31.4 Å². The van der Waals surface area contributed by atoms with E-state index in [4.69, 9.17) is 0 Å². The maximum absolute atomic E-state index is 4.40. The van der Waals surface area contributed by atoms with Crippen LogP contribution >= 0.6 is 11.8 Å². The third-order valence-corrected chi connectivity index (χ3v) is 4.92. The lowest BCUT2D eigenvalue weighted by Crippen LogP contribution is -2.47. The molecule has 0 bridgehead atoms. The highest BCUT2D eigenvalue weighted by Crippen LogP contribution is 2.20. The first-order valence-corrected chi connectivity index (χ1v) is 8.27. The number of rotatable bonds is 4. The van der Waals surface area contributed by atoms with Gasteiger partial charge in [-0.15, -0.1) is 10.2 Å². The lowest BCUT2D eigenvalue weighted by Gasteiger charge is -2.34. The van der Waals surface area contributed by atoms with Gasteiger partial charge in [0.05, 0.1) is 6.54 Å². The summed E-state index contributed by atoms with van der Waals surface area (Å²) in [6.07, 6.45) is 2.98. The molecule has 0 saturated carbocycles. The van der Waals surface area contributed by atoms with Gasteiger partial charge in [-0.1, -0.05) is 6.92 Å². The van der Waals surface area contributed by atoms with Gasteiger partial charge >= 0.3 is 0 Å². The molecule has 2 heterocycles. The van der Waals surface area contributed by atoms with E-state index < -0.39 is 0 Å². The molecule has 1 atom stereocenters. The number of nitrogens with one attached hydrogen (secondary N) is 1. The molecule has 1 aromatic rings. The standard InChI is InChI=1S/C13H24N6S/c1-4-11-9-19(6-7-20-11)13(14-3)15-8-12-17-16-10-18(12)5-2/h10-11H,4-9H2,1-3H3,(H,14,15). The van der Waals surface area contributed by atoms with E-state index in [1.165, 1.54) is 12.2 Å². The van der Waals surface area contributed by atoms with Crippen LogP contribution in [0.1, 0.15) is 26.1 Å². The molecule has 112 valence electrons. The summed E-state index contributed by atoms with van der Waals surface area (Å²) in [6.45, 7) is 8.03. The van der Waals surface area contributed by atoms with Crippen molar-refractivity contribution < 1.29 is 0 Å². The van der Waals surface area contributed by atoms with Crippen molar-refractivity contribution in [2.75, 3.05) is 25.9 Å². The maximum Gasteiger partial charge on any atom is 0.194 e. The van der Waals surface area contributed by atoms with E-state index in [1.54, 1.807) is 6.33 Å². The molecule has 1 aliphatic rings. The Morgan fingerprint density at radius 3 is 3.10 bits per heavy atom. The lowest BCUT2D eigenvalue weighted by atomic mass is 10.3. The van der Waals surface area contributed by atoms with Crippen molar-refractivity contribution in [3.8, 4) is 0 Å². The van der Waals surface area contributed by atoms with Crippen molar-refractivity contribution in [2.45, 2.75) is 38.6 Å². The average Bonchev–Trinajstić information content (AvgIpc) is 2.95. The molecule has 1 aromatic heterocycles. The topological polar surface area (TPSA) is 58.3 Å². The van der Waals surface area contributed by atoms with Crippen LogP contribution in [0.25, 0.3) is 0 Å². The average molecular weight is 296 g/mol. The van der Waals surface area contributed by atoms with Gasteiger partial charge in [-0.3, -0.25) is 4.99 Å². The van der Waals surface area contributed by atoms with Crippen molar-refractivity contribution in [3.63, 3.8) is 0 Å². The number of hydrogen-bond donors (Lipinski definition) is 1. The molecule has 1 unspecified atom stereocenters. The Balaban J connectivity index is 1.92. The van der Waals surface area contributed by atoms with E-state index in [2.05, 4.69) is 51.0 Å². The number of aliphatic imine (C=N–C) groups is 1. The first-order valence-electron chi connectivity index (χ1n) is 7.22. The molecular weight excluding hydrogens is 272 g/mol. The van der Waals surface area contributed by atoms with Crippen molar-refractivity contribution in [2.24, 2.45) is 4.99 Å². The molecule has 0 aliphatic carbocycles. The molecule has 0 amide bonds. The van der Waals surface area contributed by atoms with E-state index in [9.17, 15) is 0 Å². The SMILES string of the molecule is CCC1CN(C(=NC)NCc2nncn2CC)CCS1. The molecule has 1 N–H and O–H groups in total. The fourth-order valence-electron chi connectivity index (χ4n) is 2.33. The van der Waals surface area contributed by atoms with Gasteiger partial charge in [0.1, 0.15) is 6.33 Å². The van der Waals surface area contributed by atoms with Crippen LogP contribution in [0.4, 0.5) is 0 Å². The van der Waals surface area contributed by atoms with Gasteiger partial charge in [0.25, 0.3) is 0 Å². The van der Waals surface area contributed by atoms with Crippen LogP contribution in [0.2, 0.25) is 0 Å². The van der Waals surface area contributed by atoms with Crippen LogP contribution < -0.4 is 5.32 Å². The summed E-state index contributed by atoms with van der Waals surface area (Å²) < 4.78 is 2.04. The van der Waals surface area contributed by atoms with Crippen LogP contribution in [-0.2, 0) is 13.1 Å². The Hall–Kier alpha value is -1.24. The normalized spacial score (nSPS) is 20.2. The van der Waals surface area contributed by atoms with Crippen molar-refractivity contribution in [3.05, 3.63) is 12.2 Å². The quantitative estimate of drug-likeness (QED) is 0.668. The highest BCUT2D eigenvalue weighted by atomic mass is 32.2. The molecule has 0 spiro atoms. The zero-order valence-electron chi connectivity index (χ0n) is 12.5. The summed E-state index contributed by atoms with van der Waals surface area (Å²) in [6, 6.07) is 0. The molecule has 0 aromatic carbocycles. The van der Waals surface area contributed by atoms with Gasteiger partial charge in [-0.05, 0) is 13.3 Å². The minimum atomic E-state index is 0.668. The molecule has 1 saturated heterocycles. The number of nitrogens with zero attached hydrogens (tertiary/aromatic N) is 5. The van der Waals surface area contributed by atoms with E-state index in [1.807, 2.05) is 11.6 Å². The minimum Gasteiger partial charge on any atom is -0.349 e. The predicted octanol–water partition coefficient (Wildman–Crippen LogP) is 1.20. The van der Waals surface area contributed by atoms with Gasteiger partial charge in [-0.25, -0.2) is 0 Å². The number of hydrogen-bond acceptors (Lipinski definition) is 4. The highest BCUT2D eigenvalue weighted by molar-refractivity contribution is 8.00. The summed E-state index contributed by atoms with van der Waals surface area (Å²) in [5.74, 6) is 3.09. The van der Waals surface area contributed by atoms with E-state index in [-0.39, 0.29) is 0 Å². The fourth-order valence-corrected chi connectivity index (χ4v) is 3.51. The third kappa shape index (κ3) is 3.65. The second-order valence-corrected chi connectivity index (χ2v) is 6.19. The van der Waals surface area contributed by atoms with Crippen LogP contribution in [0, 0.1) is 0 Å². The van der Waals surface area contributed by atoms with Gasteiger partial charge in [0.2, 0.25) is 0 Å². The molecule has 6 nitrogen and oxygen atoms in total. The molecule has 0 radical (unpaired) electrons. The smallest absolute Gasteiger partial charge is 0.194 e. The highest BCUT2D eigenvalue weighted by Gasteiger charge is 2.21. The molecule has 7 heteroatoms. The molecular formula is C13H24N6S. The summed E-state index contributed by atoms with van der Waals surface area (Å²) >= 11 is 2.07. The van der Waals surface area contributed by atoms with Crippen molar-refractivity contribution in [1.29, 1.82) is 0 Å². The largest absolute Gasteiger partial charge is 0.349 e. The summed E-state index contributed by atoms with van der Waals surface area (Å²) in [4.78, 5) is 6.74. The number of aromatic nitrogens is 3. The first kappa shape index (κ1) is 15.2. The molecule has 1 aliphatic heterocycles. The summed E-state index contributed by atoms with van der Waals surface area (Å²) in [7, 11) is 1.84. The van der Waals surface area contributed by atoms with E-state index in [0.29, 0.717) is 11.8 Å². The number of aryl methyl sites for hydroxylation is 1. The monoisotopic (exact) mass is 296 g/mol. The van der Waals surface area contributed by atoms with Crippen LogP contribution in [0.15, 0.2) is 11.3 Å². The minimum absolute atomic E-state index is 0.668. The molecule has 2 rings (SSSR count). The Labute approximate surface area is 125 Å². The van der Waals surface area contributed by atoms with Gasteiger partial charge in [0.15, 0.2) is 11.8 Å². The zero-order chi connectivity index (χ0) is 14.4. The van der Waals surface area contributed by atoms with Gasteiger partial charge in [-0.2, -0.15) is 11.8 Å². The van der Waals surface area contributed by atoms with Crippen LogP contribution in [-0.4, -0.2) is 56.8 Å². The Morgan fingerprint density at radius 1 is 1.55 bits per heavy atom. The molecule has 20 heavy (non-hydrogen) atoms. The predicted molar refractivity (Wildman–Crippen MR) is 84.0 cm³/mol. The second kappa shape index (κ2) is 7.52. The number of guanidine groups is 1. The Kier molecular flexibility index (Phi) is 5.70. The Morgan fingerprint density at radius 2 is 2.40 bits per heavy atom. The maximum atomic E-state index is 4.40. The fraction of sp³-hybridized carbons (Fsp3) is 0.769. The first-order chi connectivity index (χ1) is 9.78. The molecule has 1 fully saturated rings. The summed E-state index contributed by atoms with van der Waals surface area (Å²) in [5, 5.41) is 12.2. The third-order valence-electron chi connectivity index (χ3n) is 3.55. The summed E-state index contributed by atoms with van der Waals surface area (Å²) in [5.41, 5.74) is 0. The van der Waals surface area contributed by atoms with Crippen LogP contribution in [0.3, 0.4) is 0 Å². The second-order valence-electron chi connectivity index (χ2n) is 4.78.